The van der Waals surface area contributed by atoms with Gasteiger partial charge < -0.3 is 9.14 Å². The first-order valence-electron chi connectivity index (χ1n) is 8.04. The fraction of sp³-hybridized carbons (Fsp3) is 0.235. The molecule has 0 aromatic carbocycles. The summed E-state index contributed by atoms with van der Waals surface area (Å²) in [4.78, 5) is 33.4. The molecule has 0 N–H and O–H groups in total. The van der Waals surface area contributed by atoms with Crippen molar-refractivity contribution in [2.45, 2.75) is 26.9 Å². The van der Waals surface area contributed by atoms with Gasteiger partial charge in [0.25, 0.3) is 5.56 Å². The summed E-state index contributed by atoms with van der Waals surface area (Å²) >= 11 is 1.35. The largest absolute Gasteiger partial charge is 0.454 e. The molecule has 0 unspecified atom stereocenters. The van der Waals surface area contributed by atoms with Crippen molar-refractivity contribution < 1.29 is 9.53 Å². The van der Waals surface area contributed by atoms with Crippen LogP contribution in [0.2, 0.25) is 0 Å². The summed E-state index contributed by atoms with van der Waals surface area (Å²) in [5, 5.41) is 5.01. The third-order valence-electron chi connectivity index (χ3n) is 3.82. The van der Waals surface area contributed by atoms with Gasteiger partial charge in [0.1, 0.15) is 17.3 Å². The Hall–Kier alpha value is -3.07. The van der Waals surface area contributed by atoms with Gasteiger partial charge in [0.15, 0.2) is 5.69 Å². The highest BCUT2D eigenvalue weighted by Crippen LogP contribution is 2.13. The number of hydrogen-bond donors (Lipinski definition) is 0. The molecular formula is C17H15N5O3S. The number of hydrogen-bond acceptors (Lipinski definition) is 7. The van der Waals surface area contributed by atoms with Crippen LogP contribution in [0.5, 0.6) is 0 Å². The predicted molar refractivity (Wildman–Crippen MR) is 95.6 cm³/mol. The van der Waals surface area contributed by atoms with Crippen molar-refractivity contribution in [3.05, 3.63) is 62.9 Å². The summed E-state index contributed by atoms with van der Waals surface area (Å²) in [6.45, 7) is 3.81. The Labute approximate surface area is 151 Å². The minimum absolute atomic E-state index is 0.100. The molecule has 26 heavy (non-hydrogen) atoms. The van der Waals surface area contributed by atoms with Gasteiger partial charge in [0, 0.05) is 18.5 Å². The molecule has 0 aliphatic rings. The van der Waals surface area contributed by atoms with E-state index in [9.17, 15) is 9.59 Å². The Bertz CT molecular complexity index is 1190. The van der Waals surface area contributed by atoms with Gasteiger partial charge in [0.05, 0.1) is 5.69 Å². The minimum Gasteiger partial charge on any atom is -0.454 e. The Morgan fingerprint density at radius 3 is 2.96 bits per heavy atom. The standard InChI is InChI=1S/C17H15N5O3S/c1-3-14-20-22-15(23)7-11(18-17(22)26-14)9-25-16(24)12-8-21-5-4-10(2)6-13(21)19-12/h4-8H,3,9H2,1-2H3. The van der Waals surface area contributed by atoms with Crippen LogP contribution in [0.15, 0.2) is 35.4 Å². The molecule has 0 saturated carbocycles. The number of nitrogens with zero attached hydrogens (tertiary/aromatic N) is 5. The number of imidazole rings is 1. The number of aromatic nitrogens is 5. The van der Waals surface area contributed by atoms with E-state index < -0.39 is 5.97 Å². The van der Waals surface area contributed by atoms with E-state index in [2.05, 4.69) is 15.1 Å². The molecule has 0 radical (unpaired) electrons. The van der Waals surface area contributed by atoms with Crippen LogP contribution in [-0.4, -0.2) is 30.0 Å². The van der Waals surface area contributed by atoms with Crippen molar-refractivity contribution in [1.82, 2.24) is 24.0 Å². The minimum atomic E-state index is -0.563. The van der Waals surface area contributed by atoms with E-state index in [4.69, 9.17) is 4.74 Å². The monoisotopic (exact) mass is 369 g/mol. The molecule has 132 valence electrons. The molecule has 0 saturated heterocycles. The first-order chi connectivity index (χ1) is 12.5. The van der Waals surface area contributed by atoms with Crippen LogP contribution in [0.4, 0.5) is 0 Å². The summed E-state index contributed by atoms with van der Waals surface area (Å²) in [5.74, 6) is -0.563. The van der Waals surface area contributed by atoms with Crippen molar-refractivity contribution in [1.29, 1.82) is 0 Å². The maximum absolute atomic E-state index is 12.3. The Morgan fingerprint density at radius 1 is 1.31 bits per heavy atom. The summed E-state index contributed by atoms with van der Waals surface area (Å²) in [5.41, 5.74) is 2.03. The zero-order chi connectivity index (χ0) is 18.3. The van der Waals surface area contributed by atoms with E-state index in [1.165, 1.54) is 21.9 Å². The van der Waals surface area contributed by atoms with Crippen molar-refractivity contribution >= 4 is 27.9 Å². The number of aryl methyl sites for hydroxylation is 2. The van der Waals surface area contributed by atoms with Crippen molar-refractivity contribution in [3.8, 4) is 0 Å². The molecule has 4 aromatic heterocycles. The van der Waals surface area contributed by atoms with E-state index in [1.54, 1.807) is 10.6 Å². The second kappa shape index (κ2) is 6.34. The van der Waals surface area contributed by atoms with Crippen LogP contribution in [-0.2, 0) is 17.8 Å². The Kier molecular flexibility index (Phi) is 4.00. The van der Waals surface area contributed by atoms with E-state index in [-0.39, 0.29) is 17.9 Å². The SMILES string of the molecule is CCc1nn2c(=O)cc(COC(=O)c3cn4ccc(C)cc4n3)nc2s1. The molecule has 0 spiro atoms. The summed E-state index contributed by atoms with van der Waals surface area (Å²) in [6.07, 6.45) is 4.17. The van der Waals surface area contributed by atoms with Crippen LogP contribution in [0.3, 0.4) is 0 Å². The molecule has 9 heteroatoms. The van der Waals surface area contributed by atoms with Crippen LogP contribution in [0.1, 0.15) is 33.7 Å². The topological polar surface area (TPSA) is 90.9 Å². The molecule has 0 fully saturated rings. The van der Waals surface area contributed by atoms with Crippen LogP contribution >= 0.6 is 11.3 Å². The van der Waals surface area contributed by atoms with Gasteiger partial charge in [-0.05, 0) is 31.0 Å². The van der Waals surface area contributed by atoms with Gasteiger partial charge in [-0.25, -0.2) is 14.8 Å². The van der Waals surface area contributed by atoms with Gasteiger partial charge >= 0.3 is 5.97 Å². The van der Waals surface area contributed by atoms with E-state index in [0.717, 1.165) is 17.0 Å². The van der Waals surface area contributed by atoms with E-state index in [1.807, 2.05) is 32.2 Å². The zero-order valence-corrected chi connectivity index (χ0v) is 15.0. The highest BCUT2D eigenvalue weighted by atomic mass is 32.1. The number of ether oxygens (including phenoxy) is 1. The van der Waals surface area contributed by atoms with Gasteiger partial charge in [-0.2, -0.15) is 9.61 Å². The molecule has 4 rings (SSSR count). The zero-order valence-electron chi connectivity index (χ0n) is 14.2. The van der Waals surface area contributed by atoms with Crippen molar-refractivity contribution in [2.24, 2.45) is 0 Å². The predicted octanol–water partition coefficient (Wildman–Crippen LogP) is 2.03. The first-order valence-corrected chi connectivity index (χ1v) is 8.86. The maximum atomic E-state index is 12.3. The summed E-state index contributed by atoms with van der Waals surface area (Å²) < 4.78 is 8.29. The normalized spacial score (nSPS) is 11.3. The maximum Gasteiger partial charge on any atom is 0.358 e. The second-order valence-electron chi connectivity index (χ2n) is 5.80. The fourth-order valence-electron chi connectivity index (χ4n) is 2.51. The molecule has 0 aliphatic carbocycles. The second-order valence-corrected chi connectivity index (χ2v) is 6.84. The number of pyridine rings is 1. The highest BCUT2D eigenvalue weighted by molar-refractivity contribution is 7.16. The fourth-order valence-corrected chi connectivity index (χ4v) is 3.37. The highest BCUT2D eigenvalue weighted by Gasteiger charge is 2.14. The lowest BCUT2D eigenvalue weighted by molar-refractivity contribution is 0.0461. The smallest absolute Gasteiger partial charge is 0.358 e. The lowest BCUT2D eigenvalue weighted by Crippen LogP contribution is -2.16. The van der Waals surface area contributed by atoms with Crippen LogP contribution < -0.4 is 5.56 Å². The molecule has 0 aliphatic heterocycles. The number of rotatable bonds is 4. The molecule has 0 atom stereocenters. The molecule has 4 aromatic rings. The van der Waals surface area contributed by atoms with Crippen LogP contribution in [0.25, 0.3) is 10.6 Å². The van der Waals surface area contributed by atoms with Crippen molar-refractivity contribution in [3.63, 3.8) is 0 Å². The molecule has 4 heterocycles. The number of carbonyl (C=O) groups excluding carboxylic acids is 1. The van der Waals surface area contributed by atoms with Gasteiger partial charge in [-0.15, -0.1) is 0 Å². The van der Waals surface area contributed by atoms with Gasteiger partial charge in [0.2, 0.25) is 4.96 Å². The number of fused-ring (bicyclic) bond motifs is 2. The molecular weight excluding hydrogens is 354 g/mol. The molecule has 0 bridgehead atoms. The average Bonchev–Trinajstić information content (AvgIpc) is 3.23. The molecule has 8 nitrogen and oxygen atoms in total. The third-order valence-corrected chi connectivity index (χ3v) is 4.87. The van der Waals surface area contributed by atoms with E-state index in [0.29, 0.717) is 16.3 Å². The average molecular weight is 369 g/mol. The third kappa shape index (κ3) is 2.97. The summed E-state index contributed by atoms with van der Waals surface area (Å²) in [7, 11) is 0. The first kappa shape index (κ1) is 16.4. The Morgan fingerprint density at radius 2 is 2.15 bits per heavy atom. The number of carbonyl (C=O) groups is 1. The quantitative estimate of drug-likeness (QED) is 0.511. The molecule has 0 amide bonds. The van der Waals surface area contributed by atoms with Crippen molar-refractivity contribution in [2.75, 3.05) is 0 Å². The van der Waals surface area contributed by atoms with Gasteiger partial charge in [-0.3, -0.25) is 4.79 Å². The van der Waals surface area contributed by atoms with Gasteiger partial charge in [-0.1, -0.05) is 18.3 Å². The lowest BCUT2D eigenvalue weighted by Gasteiger charge is -2.02. The summed E-state index contributed by atoms with van der Waals surface area (Å²) in [6, 6.07) is 5.13. The number of esters is 1. The lowest BCUT2D eigenvalue weighted by atomic mass is 10.3. The Balaban J connectivity index is 1.54. The van der Waals surface area contributed by atoms with E-state index >= 15 is 0 Å². The van der Waals surface area contributed by atoms with Crippen LogP contribution in [0, 0.1) is 6.92 Å².